The zero-order valence-electron chi connectivity index (χ0n) is 9.79. The van der Waals surface area contributed by atoms with Crippen LogP contribution in [-0.2, 0) is 0 Å². The highest BCUT2D eigenvalue weighted by molar-refractivity contribution is 9.10. The second-order valence-corrected chi connectivity index (χ2v) is 4.89. The van der Waals surface area contributed by atoms with Crippen LogP contribution in [0.5, 0.6) is 0 Å². The Morgan fingerprint density at radius 2 is 1.63 bits per heavy atom. The van der Waals surface area contributed by atoms with Crippen molar-refractivity contribution in [2.75, 3.05) is 0 Å². The molecule has 0 aliphatic heterocycles. The van der Waals surface area contributed by atoms with Gasteiger partial charge in [0.15, 0.2) is 0 Å². The monoisotopic (exact) mass is 326 g/mol. The molecule has 0 aliphatic carbocycles. The van der Waals surface area contributed by atoms with Gasteiger partial charge >= 0.3 is 6.18 Å². The van der Waals surface area contributed by atoms with E-state index in [1.807, 2.05) is 0 Å². The smallest absolute Gasteiger partial charge is 0.166 e. The number of alkyl halides is 3. The van der Waals surface area contributed by atoms with Crippen molar-refractivity contribution >= 4 is 27.6 Å². The molecule has 0 spiro atoms. The Bertz CT molecular complexity index is 586. The highest BCUT2D eigenvalue weighted by Gasteiger charge is 2.34. The lowest BCUT2D eigenvalue weighted by molar-refractivity contribution is -0.0683. The standard InChI is InChI=1S/C15H10BrF3/c16-13-8-4-5-11(9-13)10-14(15(17,18)19)12-6-2-1-3-7-12/h1-10H/b14-10+. The molecule has 2 aromatic carbocycles. The summed E-state index contributed by atoms with van der Waals surface area (Å²) in [4.78, 5) is 0. The molecule has 0 N–H and O–H groups in total. The van der Waals surface area contributed by atoms with E-state index in [0.29, 0.717) is 5.56 Å². The number of rotatable bonds is 2. The molecule has 98 valence electrons. The second kappa shape index (κ2) is 5.61. The Morgan fingerprint density at radius 3 is 2.21 bits per heavy atom. The van der Waals surface area contributed by atoms with Crippen LogP contribution in [0.1, 0.15) is 11.1 Å². The summed E-state index contributed by atoms with van der Waals surface area (Å²) in [5.74, 6) is 0. The summed E-state index contributed by atoms with van der Waals surface area (Å²) in [5.41, 5.74) is 0.0201. The lowest BCUT2D eigenvalue weighted by atomic mass is 10.0. The van der Waals surface area contributed by atoms with Crippen LogP contribution in [0.4, 0.5) is 13.2 Å². The highest BCUT2D eigenvalue weighted by Crippen LogP contribution is 2.35. The van der Waals surface area contributed by atoms with E-state index in [2.05, 4.69) is 15.9 Å². The van der Waals surface area contributed by atoms with Crippen LogP contribution in [0.3, 0.4) is 0 Å². The molecule has 0 radical (unpaired) electrons. The van der Waals surface area contributed by atoms with Crippen molar-refractivity contribution in [3.63, 3.8) is 0 Å². The number of hydrogen-bond acceptors (Lipinski definition) is 0. The molecule has 0 saturated carbocycles. The van der Waals surface area contributed by atoms with Gasteiger partial charge in [-0.25, -0.2) is 0 Å². The van der Waals surface area contributed by atoms with Gasteiger partial charge < -0.3 is 0 Å². The summed E-state index contributed by atoms with van der Waals surface area (Å²) in [6.07, 6.45) is -3.23. The molecular formula is C15H10BrF3. The molecule has 0 bridgehead atoms. The van der Waals surface area contributed by atoms with Gasteiger partial charge in [0.05, 0.1) is 5.57 Å². The van der Waals surface area contributed by atoms with Gasteiger partial charge in [-0.05, 0) is 29.3 Å². The van der Waals surface area contributed by atoms with Crippen LogP contribution in [0.25, 0.3) is 11.6 Å². The Hall–Kier alpha value is -1.55. The van der Waals surface area contributed by atoms with Gasteiger partial charge in [-0.1, -0.05) is 58.4 Å². The van der Waals surface area contributed by atoms with E-state index in [9.17, 15) is 13.2 Å². The van der Waals surface area contributed by atoms with E-state index in [1.165, 1.54) is 12.1 Å². The number of hydrogen-bond donors (Lipinski definition) is 0. The zero-order chi connectivity index (χ0) is 13.9. The van der Waals surface area contributed by atoms with Gasteiger partial charge in [0.2, 0.25) is 0 Å². The third kappa shape index (κ3) is 3.70. The summed E-state index contributed by atoms with van der Waals surface area (Å²) >= 11 is 3.25. The Kier molecular flexibility index (Phi) is 4.10. The van der Waals surface area contributed by atoms with Gasteiger partial charge in [0.1, 0.15) is 0 Å². The van der Waals surface area contributed by atoms with E-state index >= 15 is 0 Å². The van der Waals surface area contributed by atoms with Crippen LogP contribution in [-0.4, -0.2) is 6.18 Å². The van der Waals surface area contributed by atoms with Crippen molar-refractivity contribution < 1.29 is 13.2 Å². The van der Waals surface area contributed by atoms with E-state index in [1.54, 1.807) is 42.5 Å². The Morgan fingerprint density at radius 1 is 0.947 bits per heavy atom. The zero-order valence-corrected chi connectivity index (χ0v) is 11.4. The first-order chi connectivity index (χ1) is 8.97. The molecule has 0 unspecified atom stereocenters. The van der Waals surface area contributed by atoms with Crippen LogP contribution >= 0.6 is 15.9 Å². The van der Waals surface area contributed by atoms with E-state index in [4.69, 9.17) is 0 Å². The van der Waals surface area contributed by atoms with Crippen molar-refractivity contribution in [2.45, 2.75) is 6.18 Å². The lowest BCUT2D eigenvalue weighted by Gasteiger charge is -2.12. The first-order valence-electron chi connectivity index (χ1n) is 5.57. The maximum atomic E-state index is 13.1. The summed E-state index contributed by atoms with van der Waals surface area (Å²) in [6.45, 7) is 0. The quantitative estimate of drug-likeness (QED) is 0.634. The van der Waals surface area contributed by atoms with Gasteiger partial charge in [-0.2, -0.15) is 13.2 Å². The fourth-order valence-electron chi connectivity index (χ4n) is 1.71. The molecule has 0 aromatic heterocycles. The molecule has 4 heteroatoms. The Labute approximate surface area is 117 Å². The average Bonchev–Trinajstić information content (AvgIpc) is 2.36. The van der Waals surface area contributed by atoms with Crippen LogP contribution < -0.4 is 0 Å². The summed E-state index contributed by atoms with van der Waals surface area (Å²) in [6, 6.07) is 14.5. The third-order valence-electron chi connectivity index (χ3n) is 2.55. The summed E-state index contributed by atoms with van der Waals surface area (Å²) in [7, 11) is 0. The van der Waals surface area contributed by atoms with Crippen LogP contribution in [0.2, 0.25) is 0 Å². The fraction of sp³-hybridized carbons (Fsp3) is 0.0667. The predicted octanol–water partition coefficient (Wildman–Crippen LogP) is 5.55. The van der Waals surface area contributed by atoms with Crippen molar-refractivity contribution in [2.24, 2.45) is 0 Å². The van der Waals surface area contributed by atoms with E-state index in [-0.39, 0.29) is 5.56 Å². The third-order valence-corrected chi connectivity index (χ3v) is 3.04. The Balaban J connectivity index is 2.51. The molecule has 0 aliphatic rings. The molecule has 2 rings (SSSR count). The number of allylic oxidation sites excluding steroid dienone is 1. The average molecular weight is 327 g/mol. The summed E-state index contributed by atoms with van der Waals surface area (Å²) in [5, 5.41) is 0. The van der Waals surface area contributed by atoms with Crippen LogP contribution in [0.15, 0.2) is 59.1 Å². The molecule has 0 amide bonds. The molecule has 2 aromatic rings. The normalized spacial score (nSPS) is 12.5. The molecular weight excluding hydrogens is 317 g/mol. The van der Waals surface area contributed by atoms with Crippen LogP contribution in [0, 0.1) is 0 Å². The van der Waals surface area contributed by atoms with E-state index in [0.717, 1.165) is 10.5 Å². The van der Waals surface area contributed by atoms with E-state index < -0.39 is 11.7 Å². The summed E-state index contributed by atoms with van der Waals surface area (Å²) < 4.78 is 40.1. The number of halogens is 4. The van der Waals surface area contributed by atoms with Gasteiger partial charge in [-0.15, -0.1) is 0 Å². The minimum Gasteiger partial charge on any atom is -0.166 e. The first kappa shape index (κ1) is 13.9. The second-order valence-electron chi connectivity index (χ2n) is 3.98. The lowest BCUT2D eigenvalue weighted by Crippen LogP contribution is -2.10. The van der Waals surface area contributed by atoms with Crippen molar-refractivity contribution in [1.82, 2.24) is 0 Å². The topological polar surface area (TPSA) is 0 Å². The molecule has 0 nitrogen and oxygen atoms in total. The first-order valence-corrected chi connectivity index (χ1v) is 6.36. The molecule has 19 heavy (non-hydrogen) atoms. The number of benzene rings is 2. The van der Waals surface area contributed by atoms with Gasteiger partial charge in [-0.3, -0.25) is 0 Å². The maximum absolute atomic E-state index is 13.1. The maximum Gasteiger partial charge on any atom is 0.417 e. The SMILES string of the molecule is FC(F)(F)/C(=C/c1cccc(Br)c1)c1ccccc1. The molecule has 0 atom stereocenters. The van der Waals surface area contributed by atoms with Crippen molar-refractivity contribution in [3.8, 4) is 0 Å². The molecule has 0 saturated heterocycles. The van der Waals surface area contributed by atoms with Gasteiger partial charge in [0.25, 0.3) is 0 Å². The van der Waals surface area contributed by atoms with Crippen molar-refractivity contribution in [1.29, 1.82) is 0 Å². The van der Waals surface area contributed by atoms with Crippen molar-refractivity contribution in [3.05, 3.63) is 70.2 Å². The minimum atomic E-state index is -4.39. The molecule has 0 fully saturated rings. The molecule has 0 heterocycles. The largest absolute Gasteiger partial charge is 0.417 e. The highest BCUT2D eigenvalue weighted by atomic mass is 79.9. The van der Waals surface area contributed by atoms with Gasteiger partial charge in [0, 0.05) is 4.47 Å². The minimum absolute atomic E-state index is 0.162. The predicted molar refractivity (Wildman–Crippen MR) is 74.5 cm³/mol. The fourth-order valence-corrected chi connectivity index (χ4v) is 2.13.